The van der Waals surface area contributed by atoms with Crippen LogP contribution in [0, 0.1) is 0 Å². The van der Waals surface area contributed by atoms with Gasteiger partial charge in [-0.15, -0.1) is 0 Å². The van der Waals surface area contributed by atoms with E-state index in [0.717, 1.165) is 10.0 Å². The van der Waals surface area contributed by atoms with Gasteiger partial charge in [0.1, 0.15) is 5.60 Å². The van der Waals surface area contributed by atoms with Gasteiger partial charge >= 0.3 is 0 Å². The van der Waals surface area contributed by atoms with Gasteiger partial charge in [-0.3, -0.25) is 4.79 Å². The number of likely N-dealkylation sites (N-methyl/N-ethyl adjacent to an activating group) is 1. The number of rotatable bonds is 3. The fourth-order valence-corrected chi connectivity index (χ4v) is 1.89. The zero-order valence-corrected chi connectivity index (χ0v) is 11.3. The van der Waals surface area contributed by atoms with E-state index < -0.39 is 5.60 Å². The monoisotopic (exact) mass is 285 g/mol. The fraction of sp³-hybridized carbons (Fsp3) is 0.417. The molecule has 3 nitrogen and oxygen atoms in total. The second-order valence-corrected chi connectivity index (χ2v) is 5.27. The number of carbonyl (C=O) groups excluding carboxylic acids is 1. The third kappa shape index (κ3) is 3.61. The average molecular weight is 286 g/mol. The van der Waals surface area contributed by atoms with Gasteiger partial charge < -0.3 is 10.0 Å². The van der Waals surface area contributed by atoms with E-state index in [1.54, 1.807) is 7.05 Å². The van der Waals surface area contributed by atoms with Gasteiger partial charge in [0.2, 0.25) is 0 Å². The van der Waals surface area contributed by atoms with Crippen LogP contribution in [-0.4, -0.2) is 28.6 Å². The van der Waals surface area contributed by atoms with E-state index in [-0.39, 0.29) is 5.91 Å². The van der Waals surface area contributed by atoms with Crippen molar-refractivity contribution in [3.63, 3.8) is 0 Å². The molecular weight excluding hydrogens is 270 g/mol. The highest BCUT2D eigenvalue weighted by Gasteiger charge is 2.27. The minimum absolute atomic E-state index is 0.285. The Bertz CT molecular complexity index is 385. The summed E-state index contributed by atoms with van der Waals surface area (Å²) in [5.41, 5.74) is -0.296. The molecule has 0 saturated carbocycles. The molecule has 0 aliphatic rings. The standard InChI is InChI=1S/C12H16BrNO2/c1-12(2,16)11(15)14(3)8-9-5-4-6-10(13)7-9/h4-7,16H,8H2,1-3H3. The molecule has 0 fully saturated rings. The Kier molecular flexibility index (Phi) is 4.10. The molecule has 1 rings (SSSR count). The zero-order valence-electron chi connectivity index (χ0n) is 9.70. The van der Waals surface area contributed by atoms with Crippen LogP contribution in [0.2, 0.25) is 0 Å². The molecule has 0 aliphatic heterocycles. The molecule has 16 heavy (non-hydrogen) atoms. The number of carbonyl (C=O) groups is 1. The summed E-state index contributed by atoms with van der Waals surface area (Å²) in [7, 11) is 1.68. The molecule has 0 bridgehead atoms. The predicted molar refractivity (Wildman–Crippen MR) is 66.9 cm³/mol. The zero-order chi connectivity index (χ0) is 12.3. The first-order valence-electron chi connectivity index (χ1n) is 5.03. The van der Waals surface area contributed by atoms with Crippen LogP contribution in [0.3, 0.4) is 0 Å². The van der Waals surface area contributed by atoms with Crippen molar-refractivity contribution in [1.82, 2.24) is 4.90 Å². The summed E-state index contributed by atoms with van der Waals surface area (Å²) in [4.78, 5) is 13.2. The van der Waals surface area contributed by atoms with Crippen LogP contribution in [0.15, 0.2) is 28.7 Å². The van der Waals surface area contributed by atoms with Crippen molar-refractivity contribution in [3.8, 4) is 0 Å². The van der Waals surface area contributed by atoms with Gasteiger partial charge in [0.15, 0.2) is 0 Å². The number of hydrogen-bond acceptors (Lipinski definition) is 2. The molecule has 0 atom stereocenters. The molecule has 4 heteroatoms. The molecule has 1 amide bonds. The molecule has 1 N–H and O–H groups in total. The molecule has 0 aliphatic carbocycles. The summed E-state index contributed by atoms with van der Waals surface area (Å²) in [5, 5.41) is 9.59. The SMILES string of the molecule is CN(Cc1cccc(Br)c1)C(=O)C(C)(C)O. The molecule has 1 aromatic carbocycles. The van der Waals surface area contributed by atoms with Gasteiger partial charge in [-0.05, 0) is 31.5 Å². The van der Waals surface area contributed by atoms with Gasteiger partial charge in [0.25, 0.3) is 5.91 Å². The average Bonchev–Trinajstić information content (AvgIpc) is 2.15. The lowest BCUT2D eigenvalue weighted by Gasteiger charge is -2.25. The van der Waals surface area contributed by atoms with Gasteiger partial charge in [-0.2, -0.15) is 0 Å². The highest BCUT2D eigenvalue weighted by molar-refractivity contribution is 9.10. The lowest BCUT2D eigenvalue weighted by Crippen LogP contribution is -2.42. The molecule has 0 aromatic heterocycles. The Morgan fingerprint density at radius 3 is 2.62 bits per heavy atom. The van der Waals surface area contributed by atoms with Crippen molar-refractivity contribution in [2.24, 2.45) is 0 Å². The number of amides is 1. The Morgan fingerprint density at radius 2 is 2.12 bits per heavy atom. The van der Waals surface area contributed by atoms with Gasteiger partial charge in [-0.1, -0.05) is 28.1 Å². The first-order valence-corrected chi connectivity index (χ1v) is 5.82. The summed E-state index contributed by atoms with van der Waals surface area (Å²) in [6.45, 7) is 3.47. The highest BCUT2D eigenvalue weighted by Crippen LogP contribution is 2.14. The first-order chi connectivity index (χ1) is 7.30. The van der Waals surface area contributed by atoms with Crippen molar-refractivity contribution in [2.75, 3.05) is 7.05 Å². The number of aliphatic hydroxyl groups is 1. The molecule has 88 valence electrons. The number of benzene rings is 1. The maximum atomic E-state index is 11.7. The Morgan fingerprint density at radius 1 is 1.50 bits per heavy atom. The van der Waals surface area contributed by atoms with E-state index in [1.165, 1.54) is 18.7 Å². The molecule has 0 unspecified atom stereocenters. The molecule has 0 saturated heterocycles. The molecule has 0 heterocycles. The normalized spacial score (nSPS) is 11.3. The topological polar surface area (TPSA) is 40.5 Å². The smallest absolute Gasteiger partial charge is 0.253 e. The Balaban J connectivity index is 2.72. The van der Waals surface area contributed by atoms with Crippen LogP contribution in [0.5, 0.6) is 0 Å². The number of nitrogens with zero attached hydrogens (tertiary/aromatic N) is 1. The molecule has 0 radical (unpaired) electrons. The van der Waals surface area contributed by atoms with Gasteiger partial charge in [0, 0.05) is 18.1 Å². The minimum Gasteiger partial charge on any atom is -0.381 e. The highest BCUT2D eigenvalue weighted by atomic mass is 79.9. The van der Waals surface area contributed by atoms with E-state index >= 15 is 0 Å². The van der Waals surface area contributed by atoms with E-state index in [2.05, 4.69) is 15.9 Å². The van der Waals surface area contributed by atoms with Crippen molar-refractivity contribution >= 4 is 21.8 Å². The van der Waals surface area contributed by atoms with Crippen LogP contribution < -0.4 is 0 Å². The first kappa shape index (κ1) is 13.2. The fourth-order valence-electron chi connectivity index (χ4n) is 1.45. The lowest BCUT2D eigenvalue weighted by atomic mass is 10.1. The molecular formula is C12H16BrNO2. The van der Waals surface area contributed by atoms with E-state index in [4.69, 9.17) is 0 Å². The second kappa shape index (κ2) is 4.97. The van der Waals surface area contributed by atoms with Crippen LogP contribution in [-0.2, 0) is 11.3 Å². The third-order valence-electron chi connectivity index (χ3n) is 2.18. The third-order valence-corrected chi connectivity index (χ3v) is 2.67. The maximum Gasteiger partial charge on any atom is 0.253 e. The number of halogens is 1. The summed E-state index contributed by atoms with van der Waals surface area (Å²) >= 11 is 3.38. The second-order valence-electron chi connectivity index (χ2n) is 4.35. The summed E-state index contributed by atoms with van der Waals surface area (Å²) in [6, 6.07) is 7.75. The summed E-state index contributed by atoms with van der Waals surface area (Å²) in [5.74, 6) is -0.285. The van der Waals surface area contributed by atoms with Crippen LogP contribution in [0.1, 0.15) is 19.4 Å². The van der Waals surface area contributed by atoms with Crippen molar-refractivity contribution in [1.29, 1.82) is 0 Å². The number of hydrogen-bond donors (Lipinski definition) is 1. The van der Waals surface area contributed by atoms with E-state index in [0.29, 0.717) is 6.54 Å². The maximum absolute atomic E-state index is 11.7. The van der Waals surface area contributed by atoms with Gasteiger partial charge in [0.05, 0.1) is 0 Å². The van der Waals surface area contributed by atoms with Crippen molar-refractivity contribution in [3.05, 3.63) is 34.3 Å². The quantitative estimate of drug-likeness (QED) is 0.925. The largest absolute Gasteiger partial charge is 0.381 e. The summed E-state index contributed by atoms with van der Waals surface area (Å²) < 4.78 is 0.981. The van der Waals surface area contributed by atoms with Crippen molar-refractivity contribution < 1.29 is 9.90 Å². The van der Waals surface area contributed by atoms with Gasteiger partial charge in [-0.25, -0.2) is 0 Å². The lowest BCUT2D eigenvalue weighted by molar-refractivity contribution is -0.146. The van der Waals surface area contributed by atoms with Crippen LogP contribution >= 0.6 is 15.9 Å². The minimum atomic E-state index is -1.32. The summed E-state index contributed by atoms with van der Waals surface area (Å²) in [6.07, 6.45) is 0. The molecule has 0 spiro atoms. The van der Waals surface area contributed by atoms with Crippen LogP contribution in [0.25, 0.3) is 0 Å². The van der Waals surface area contributed by atoms with E-state index in [1.807, 2.05) is 24.3 Å². The van der Waals surface area contributed by atoms with Crippen LogP contribution in [0.4, 0.5) is 0 Å². The Hall–Kier alpha value is -0.870. The molecule has 1 aromatic rings. The van der Waals surface area contributed by atoms with Crippen molar-refractivity contribution in [2.45, 2.75) is 26.0 Å². The van der Waals surface area contributed by atoms with E-state index in [9.17, 15) is 9.90 Å². The Labute approximate surface area is 104 Å². The predicted octanol–water partition coefficient (Wildman–Crippen LogP) is 2.18.